The van der Waals surface area contributed by atoms with Gasteiger partial charge in [-0.05, 0) is 12.0 Å². The van der Waals surface area contributed by atoms with Gasteiger partial charge in [-0.3, -0.25) is 0 Å². The van der Waals surface area contributed by atoms with E-state index in [2.05, 4.69) is 6.92 Å². The minimum atomic E-state index is -2.32. The van der Waals surface area contributed by atoms with Crippen LogP contribution in [0.1, 0.15) is 46.0 Å². The smallest absolute Gasteiger partial charge is 0.318 e. The number of rotatable bonds is 6. The molecule has 0 heterocycles. The van der Waals surface area contributed by atoms with Gasteiger partial charge in [0.2, 0.25) is 0 Å². The summed E-state index contributed by atoms with van der Waals surface area (Å²) in [6.07, 6.45) is 5.90. The molecule has 0 fully saturated rings. The Balaban J connectivity index is 3.10. The molecule has 0 aromatic heterocycles. The van der Waals surface area contributed by atoms with Crippen LogP contribution in [-0.2, 0) is 0 Å². The second-order valence-electron chi connectivity index (χ2n) is 3.24. The second kappa shape index (κ2) is 6.82. The first-order chi connectivity index (χ1) is 5.18. The highest BCUT2D eigenvalue weighted by atomic mass is 28.3. The van der Waals surface area contributed by atoms with E-state index >= 15 is 0 Å². The van der Waals surface area contributed by atoms with E-state index in [4.69, 9.17) is 9.59 Å². The summed E-state index contributed by atoms with van der Waals surface area (Å²) in [6, 6.07) is 0. The molecule has 0 saturated carbocycles. The van der Waals surface area contributed by atoms with Crippen molar-refractivity contribution in [3.8, 4) is 0 Å². The monoisotopic (exact) mass is 176 g/mol. The van der Waals surface area contributed by atoms with Gasteiger partial charge in [0.25, 0.3) is 0 Å². The molecule has 0 aliphatic rings. The number of hydrogen-bond acceptors (Lipinski definition) is 2. The van der Waals surface area contributed by atoms with Crippen molar-refractivity contribution in [3.63, 3.8) is 0 Å². The molecule has 2 nitrogen and oxygen atoms in total. The zero-order valence-electron chi connectivity index (χ0n) is 7.58. The van der Waals surface area contributed by atoms with Crippen LogP contribution in [0, 0.1) is 0 Å². The van der Waals surface area contributed by atoms with Gasteiger partial charge in [-0.2, -0.15) is 0 Å². The third kappa shape index (κ3) is 6.53. The molecular weight excluding hydrogens is 156 g/mol. The molecule has 0 aliphatic carbocycles. The fourth-order valence-corrected chi connectivity index (χ4v) is 1.58. The molecule has 0 bridgehead atoms. The molecule has 68 valence electrons. The Hall–Kier alpha value is 0.137. The Morgan fingerprint density at radius 1 is 1.18 bits per heavy atom. The summed E-state index contributed by atoms with van der Waals surface area (Å²) in [7, 11) is -2.32. The van der Waals surface area contributed by atoms with Gasteiger partial charge in [-0.1, -0.05) is 39.5 Å². The zero-order valence-corrected chi connectivity index (χ0v) is 8.74. The van der Waals surface area contributed by atoms with E-state index < -0.39 is 9.28 Å². The van der Waals surface area contributed by atoms with Crippen molar-refractivity contribution < 1.29 is 9.59 Å². The van der Waals surface area contributed by atoms with E-state index in [1.165, 1.54) is 19.3 Å². The predicted octanol–water partition coefficient (Wildman–Crippen LogP) is 1.55. The van der Waals surface area contributed by atoms with Gasteiger partial charge >= 0.3 is 9.28 Å². The Bertz CT molecular complexity index is 86.2. The van der Waals surface area contributed by atoms with Crippen LogP contribution in [-0.4, -0.2) is 18.9 Å². The molecule has 0 rings (SSSR count). The average Bonchev–Trinajstić information content (AvgIpc) is 1.97. The van der Waals surface area contributed by atoms with E-state index in [0.717, 1.165) is 12.8 Å². The summed E-state index contributed by atoms with van der Waals surface area (Å²) in [5.74, 6) is 0. The summed E-state index contributed by atoms with van der Waals surface area (Å²) < 4.78 is 0. The quantitative estimate of drug-likeness (QED) is 0.476. The van der Waals surface area contributed by atoms with Crippen molar-refractivity contribution >= 4 is 9.28 Å². The van der Waals surface area contributed by atoms with Crippen molar-refractivity contribution in [2.75, 3.05) is 0 Å². The van der Waals surface area contributed by atoms with Gasteiger partial charge in [0.15, 0.2) is 0 Å². The van der Waals surface area contributed by atoms with Gasteiger partial charge in [-0.15, -0.1) is 0 Å². The fourth-order valence-electron chi connectivity index (χ4n) is 1.04. The van der Waals surface area contributed by atoms with Crippen molar-refractivity contribution in [3.05, 3.63) is 0 Å². The summed E-state index contributed by atoms with van der Waals surface area (Å²) in [5.41, 5.74) is 0.173. The Kier molecular flexibility index (Phi) is 6.91. The van der Waals surface area contributed by atoms with E-state index in [0.29, 0.717) is 0 Å². The third-order valence-corrected chi connectivity index (χ3v) is 3.37. The SMILES string of the molecule is CCCCCCC(C)[SiH](O)O. The number of hydrogen-bond donors (Lipinski definition) is 2. The normalized spacial score (nSPS) is 13.9. The van der Waals surface area contributed by atoms with Crippen molar-refractivity contribution in [1.29, 1.82) is 0 Å². The molecule has 0 amide bonds. The van der Waals surface area contributed by atoms with Gasteiger partial charge in [0.1, 0.15) is 0 Å². The summed E-state index contributed by atoms with van der Waals surface area (Å²) in [5, 5.41) is 0. The first kappa shape index (κ1) is 11.1. The van der Waals surface area contributed by atoms with Crippen molar-refractivity contribution in [1.82, 2.24) is 0 Å². The molecule has 1 unspecified atom stereocenters. The van der Waals surface area contributed by atoms with Crippen molar-refractivity contribution in [2.24, 2.45) is 0 Å². The first-order valence-corrected chi connectivity index (χ1v) is 6.24. The molecule has 1 atom stereocenters. The maximum atomic E-state index is 8.87. The maximum Gasteiger partial charge on any atom is 0.318 e. The topological polar surface area (TPSA) is 40.5 Å². The minimum absolute atomic E-state index is 0.173. The summed E-state index contributed by atoms with van der Waals surface area (Å²) in [6.45, 7) is 4.11. The van der Waals surface area contributed by atoms with Crippen LogP contribution in [0.5, 0.6) is 0 Å². The molecular formula is C8H20O2Si. The van der Waals surface area contributed by atoms with Crippen LogP contribution < -0.4 is 0 Å². The van der Waals surface area contributed by atoms with Crippen LogP contribution >= 0.6 is 0 Å². The molecule has 0 spiro atoms. The second-order valence-corrected chi connectivity index (χ2v) is 5.21. The van der Waals surface area contributed by atoms with Crippen LogP contribution in [0.2, 0.25) is 5.54 Å². The Labute approximate surface area is 71.1 Å². The highest BCUT2D eigenvalue weighted by Crippen LogP contribution is 2.15. The molecule has 0 aromatic carbocycles. The lowest BCUT2D eigenvalue weighted by Gasteiger charge is -2.10. The van der Waals surface area contributed by atoms with Crippen LogP contribution in [0.4, 0.5) is 0 Å². The molecule has 0 radical (unpaired) electrons. The summed E-state index contributed by atoms with van der Waals surface area (Å²) in [4.78, 5) is 17.7. The van der Waals surface area contributed by atoms with Crippen LogP contribution in [0.15, 0.2) is 0 Å². The van der Waals surface area contributed by atoms with Gasteiger partial charge in [0.05, 0.1) is 0 Å². The van der Waals surface area contributed by atoms with E-state index in [1.54, 1.807) is 0 Å². The molecule has 0 saturated heterocycles. The minimum Gasteiger partial charge on any atom is -0.413 e. The summed E-state index contributed by atoms with van der Waals surface area (Å²) >= 11 is 0. The lowest BCUT2D eigenvalue weighted by Crippen LogP contribution is -2.17. The van der Waals surface area contributed by atoms with Crippen LogP contribution in [0.3, 0.4) is 0 Å². The molecule has 3 heteroatoms. The number of unbranched alkanes of at least 4 members (excludes halogenated alkanes) is 3. The van der Waals surface area contributed by atoms with Crippen LogP contribution in [0.25, 0.3) is 0 Å². The first-order valence-electron chi connectivity index (χ1n) is 4.54. The molecule has 0 aromatic rings. The highest BCUT2D eigenvalue weighted by molar-refractivity contribution is 6.42. The third-order valence-electron chi connectivity index (χ3n) is 2.02. The molecule has 2 N–H and O–H groups in total. The Morgan fingerprint density at radius 3 is 2.27 bits per heavy atom. The van der Waals surface area contributed by atoms with E-state index in [1.807, 2.05) is 6.92 Å². The van der Waals surface area contributed by atoms with Gasteiger partial charge in [0, 0.05) is 0 Å². The molecule has 11 heavy (non-hydrogen) atoms. The van der Waals surface area contributed by atoms with E-state index in [-0.39, 0.29) is 5.54 Å². The van der Waals surface area contributed by atoms with E-state index in [9.17, 15) is 0 Å². The van der Waals surface area contributed by atoms with Crippen molar-refractivity contribution in [2.45, 2.75) is 51.5 Å². The highest BCUT2D eigenvalue weighted by Gasteiger charge is 2.12. The maximum absolute atomic E-state index is 8.87. The standard InChI is InChI=1S/C8H20O2Si/c1-3-4-5-6-7-8(2)11(9)10/h8-11H,3-7H2,1-2H3. The largest absolute Gasteiger partial charge is 0.413 e. The zero-order chi connectivity index (χ0) is 8.69. The lowest BCUT2D eigenvalue weighted by atomic mass is 10.1. The van der Waals surface area contributed by atoms with Gasteiger partial charge in [-0.25, -0.2) is 0 Å². The fraction of sp³-hybridized carbons (Fsp3) is 1.00. The lowest BCUT2D eigenvalue weighted by molar-refractivity contribution is 0.380. The Morgan fingerprint density at radius 2 is 1.82 bits per heavy atom. The van der Waals surface area contributed by atoms with Gasteiger partial charge < -0.3 is 9.59 Å². The predicted molar refractivity (Wildman–Crippen MR) is 49.8 cm³/mol. The molecule has 0 aliphatic heterocycles. The average molecular weight is 176 g/mol.